The largest absolute Gasteiger partial charge is 0.352 e. The van der Waals surface area contributed by atoms with Gasteiger partial charge in [-0.2, -0.15) is 0 Å². The second-order valence-electron chi connectivity index (χ2n) is 8.81. The van der Waals surface area contributed by atoms with Gasteiger partial charge in [0.25, 0.3) is 0 Å². The van der Waals surface area contributed by atoms with Crippen LogP contribution in [0.15, 0.2) is 54.4 Å². The van der Waals surface area contributed by atoms with Crippen LogP contribution in [0.3, 0.4) is 0 Å². The van der Waals surface area contributed by atoms with Crippen LogP contribution >= 0.6 is 11.3 Å². The second-order valence-corrected chi connectivity index (χ2v) is 9.76. The summed E-state index contributed by atoms with van der Waals surface area (Å²) < 4.78 is 0. The highest BCUT2D eigenvalue weighted by atomic mass is 32.1. The summed E-state index contributed by atoms with van der Waals surface area (Å²) in [6.45, 7) is 7.57. The first-order valence-corrected chi connectivity index (χ1v) is 11.7. The topological polar surface area (TPSA) is 49.4 Å². The van der Waals surface area contributed by atoms with Crippen molar-refractivity contribution in [1.29, 1.82) is 0 Å². The van der Waals surface area contributed by atoms with Gasteiger partial charge in [0.15, 0.2) is 0 Å². The molecule has 3 atom stereocenters. The number of rotatable bonds is 7. The molecule has 4 rings (SSSR count). The van der Waals surface area contributed by atoms with Crippen molar-refractivity contribution < 1.29 is 9.59 Å². The summed E-state index contributed by atoms with van der Waals surface area (Å²) >= 11 is 1.73. The smallest absolute Gasteiger partial charge is 0.228 e. The van der Waals surface area contributed by atoms with Crippen molar-refractivity contribution in [2.45, 2.75) is 32.6 Å². The lowest BCUT2D eigenvalue weighted by Crippen LogP contribution is -2.54. The highest BCUT2D eigenvalue weighted by Gasteiger charge is 2.47. The van der Waals surface area contributed by atoms with E-state index in [9.17, 15) is 9.59 Å². The molecule has 2 aromatic rings. The van der Waals surface area contributed by atoms with Gasteiger partial charge in [0, 0.05) is 30.4 Å². The number of likely N-dealkylation sites (tertiary alicyclic amines) is 1. The summed E-state index contributed by atoms with van der Waals surface area (Å²) in [7, 11) is 0. The van der Waals surface area contributed by atoms with Gasteiger partial charge in [0.2, 0.25) is 11.8 Å². The molecule has 1 saturated carbocycles. The molecule has 1 aromatic carbocycles. The molecular weight excluding hydrogens is 392 g/mol. The average molecular weight is 423 g/mol. The molecule has 2 heterocycles. The molecule has 2 aliphatic rings. The van der Waals surface area contributed by atoms with Gasteiger partial charge < -0.3 is 10.2 Å². The predicted octanol–water partition coefficient (Wildman–Crippen LogP) is 4.52. The molecule has 5 heteroatoms. The van der Waals surface area contributed by atoms with E-state index in [0.717, 1.165) is 31.4 Å². The Kier molecular flexibility index (Phi) is 6.09. The molecule has 1 aromatic heterocycles. The van der Waals surface area contributed by atoms with E-state index in [1.54, 1.807) is 17.4 Å². The summed E-state index contributed by atoms with van der Waals surface area (Å²) in [4.78, 5) is 29.4. The first-order valence-electron chi connectivity index (χ1n) is 10.8. The molecule has 4 nitrogen and oxygen atoms in total. The van der Waals surface area contributed by atoms with Crippen molar-refractivity contribution in [3.05, 3.63) is 60.0 Å². The third-order valence-electron chi connectivity index (χ3n) is 6.51. The molecule has 1 aliphatic heterocycles. The second kappa shape index (κ2) is 8.76. The summed E-state index contributed by atoms with van der Waals surface area (Å²) in [6.07, 6.45) is 4.99. The van der Waals surface area contributed by atoms with Crippen molar-refractivity contribution >= 4 is 23.2 Å². The summed E-state index contributed by atoms with van der Waals surface area (Å²) in [5.74, 6) is 0.901. The molecule has 0 unspecified atom stereocenters. The van der Waals surface area contributed by atoms with Crippen LogP contribution in [0.2, 0.25) is 0 Å². The molecule has 30 heavy (non-hydrogen) atoms. The van der Waals surface area contributed by atoms with E-state index in [2.05, 4.69) is 60.6 Å². The maximum atomic E-state index is 13.3. The number of amides is 2. The Hall–Kier alpha value is -2.40. The van der Waals surface area contributed by atoms with E-state index < -0.39 is 5.41 Å². The zero-order chi connectivity index (χ0) is 21.1. The summed E-state index contributed by atoms with van der Waals surface area (Å²) in [5, 5.41) is 5.10. The van der Waals surface area contributed by atoms with Crippen LogP contribution in [0.4, 0.5) is 0 Å². The van der Waals surface area contributed by atoms with E-state index in [1.807, 2.05) is 4.90 Å². The minimum atomic E-state index is -0.584. The third-order valence-corrected chi connectivity index (χ3v) is 7.42. The highest BCUT2D eigenvalue weighted by molar-refractivity contribution is 7.13. The number of benzene rings is 1. The Bertz CT molecular complexity index is 906. The van der Waals surface area contributed by atoms with Crippen LogP contribution in [0.25, 0.3) is 10.4 Å². The van der Waals surface area contributed by atoms with E-state index in [-0.39, 0.29) is 17.7 Å². The third kappa shape index (κ3) is 4.36. The first-order chi connectivity index (χ1) is 14.5. The monoisotopic (exact) mass is 422 g/mol. The highest BCUT2D eigenvalue weighted by Crippen LogP contribution is 2.42. The Morgan fingerprint density at radius 3 is 2.70 bits per heavy atom. The van der Waals surface area contributed by atoms with Crippen molar-refractivity contribution in [3.8, 4) is 10.4 Å². The van der Waals surface area contributed by atoms with Crippen molar-refractivity contribution in [2.24, 2.45) is 17.3 Å². The lowest BCUT2D eigenvalue weighted by molar-refractivity contribution is -0.142. The van der Waals surface area contributed by atoms with Gasteiger partial charge in [-0.15, -0.1) is 17.9 Å². The number of nitrogens with zero attached hydrogens (tertiary/aromatic N) is 1. The molecule has 1 saturated heterocycles. The van der Waals surface area contributed by atoms with Crippen LogP contribution in [0.1, 0.15) is 31.7 Å². The van der Waals surface area contributed by atoms with Gasteiger partial charge in [-0.05, 0) is 54.2 Å². The predicted molar refractivity (Wildman–Crippen MR) is 122 cm³/mol. The van der Waals surface area contributed by atoms with Gasteiger partial charge >= 0.3 is 0 Å². The number of carbonyl (C=O) groups is 2. The maximum absolute atomic E-state index is 13.3. The quantitative estimate of drug-likeness (QED) is 0.667. The minimum absolute atomic E-state index is 0.0334. The zero-order valence-corrected chi connectivity index (χ0v) is 18.4. The van der Waals surface area contributed by atoms with Gasteiger partial charge in [-0.1, -0.05) is 43.3 Å². The molecule has 1 N–H and O–H groups in total. The molecular formula is C25H30N2O2S. The summed E-state index contributed by atoms with van der Waals surface area (Å²) in [6, 6.07) is 12.7. The van der Waals surface area contributed by atoms with Crippen molar-refractivity contribution in [2.75, 3.05) is 19.6 Å². The lowest BCUT2D eigenvalue weighted by Gasteiger charge is -2.42. The van der Waals surface area contributed by atoms with Crippen LogP contribution in [-0.2, 0) is 16.0 Å². The van der Waals surface area contributed by atoms with Crippen LogP contribution in [-0.4, -0.2) is 36.3 Å². The Morgan fingerprint density at radius 2 is 2.07 bits per heavy atom. The zero-order valence-electron chi connectivity index (χ0n) is 17.6. The molecule has 2 amide bonds. The number of hydrogen-bond acceptors (Lipinski definition) is 3. The lowest BCUT2D eigenvalue weighted by atomic mass is 9.74. The fourth-order valence-corrected chi connectivity index (χ4v) is 5.34. The fraction of sp³-hybridized carbons (Fsp3) is 0.440. The number of piperidine rings is 1. The molecule has 0 bridgehead atoms. The van der Waals surface area contributed by atoms with E-state index in [4.69, 9.17) is 0 Å². The first kappa shape index (κ1) is 20.9. The van der Waals surface area contributed by atoms with E-state index in [0.29, 0.717) is 25.4 Å². The van der Waals surface area contributed by atoms with E-state index >= 15 is 0 Å². The standard InChI is InChI=1S/C25H30N2O2S/c1-3-12-26-24(29)25(11-5-13-27(17-25)23(28)21-15-18(21)2)16-19-7-9-20(10-8-19)22-6-4-14-30-22/h3-4,6-10,14,18,21H,1,5,11-13,15-17H2,2H3,(H,26,29)/t18-,21+,25-/m0/s1. The van der Waals surface area contributed by atoms with Gasteiger partial charge in [0.05, 0.1) is 5.41 Å². The molecule has 1 aliphatic carbocycles. The number of hydrogen-bond donors (Lipinski definition) is 1. The van der Waals surface area contributed by atoms with E-state index in [1.165, 1.54) is 10.4 Å². The minimum Gasteiger partial charge on any atom is -0.352 e. The maximum Gasteiger partial charge on any atom is 0.228 e. The molecule has 0 spiro atoms. The Labute approximate surface area is 183 Å². The Morgan fingerprint density at radius 1 is 1.30 bits per heavy atom. The number of nitrogens with one attached hydrogen (secondary N) is 1. The SMILES string of the molecule is C=CCNC(=O)[C@]1(Cc2ccc(-c3cccs3)cc2)CCCN(C(=O)[C@@H]2C[C@@H]2C)C1. The molecule has 2 fully saturated rings. The van der Waals surface area contributed by atoms with Gasteiger partial charge in [-0.25, -0.2) is 0 Å². The number of thiophene rings is 1. The summed E-state index contributed by atoms with van der Waals surface area (Å²) in [5.41, 5.74) is 1.75. The van der Waals surface area contributed by atoms with Crippen LogP contribution < -0.4 is 5.32 Å². The van der Waals surface area contributed by atoms with Crippen molar-refractivity contribution in [1.82, 2.24) is 10.2 Å². The van der Waals surface area contributed by atoms with Crippen molar-refractivity contribution in [3.63, 3.8) is 0 Å². The van der Waals surface area contributed by atoms with Gasteiger partial charge in [-0.3, -0.25) is 9.59 Å². The normalized spacial score (nSPS) is 25.6. The van der Waals surface area contributed by atoms with Crippen LogP contribution in [0.5, 0.6) is 0 Å². The van der Waals surface area contributed by atoms with Crippen LogP contribution in [0, 0.1) is 17.3 Å². The fourth-order valence-electron chi connectivity index (χ4n) is 4.60. The van der Waals surface area contributed by atoms with Gasteiger partial charge in [0.1, 0.15) is 0 Å². The number of carbonyl (C=O) groups excluding carboxylic acids is 2. The average Bonchev–Trinajstić information content (AvgIpc) is 3.25. The molecule has 0 radical (unpaired) electrons. The molecule has 158 valence electrons. The Balaban J connectivity index is 1.55.